The molecule has 1 atom stereocenters. The Morgan fingerprint density at radius 2 is 1.83 bits per heavy atom. The Hall–Kier alpha value is -0.860. The molecule has 0 bridgehead atoms. The second-order valence-corrected chi connectivity index (χ2v) is 5.02. The van der Waals surface area contributed by atoms with Gasteiger partial charge >= 0.3 is 0 Å². The lowest BCUT2D eigenvalue weighted by atomic mass is 10.1. The van der Waals surface area contributed by atoms with E-state index in [1.165, 1.54) is 5.56 Å². The average molecular weight is 434 g/mol. The zero-order valence-corrected chi connectivity index (χ0v) is 17.0. The highest BCUT2D eigenvalue weighted by molar-refractivity contribution is 14.0. The van der Waals surface area contributed by atoms with Gasteiger partial charge in [0.1, 0.15) is 0 Å². The Labute approximate surface area is 157 Å². The molecule has 1 rings (SSSR count). The van der Waals surface area contributed by atoms with Crippen LogP contribution in [-0.4, -0.2) is 57.8 Å². The molecule has 0 aliphatic rings. The molecule has 0 spiro atoms. The first kappa shape index (κ1) is 22.1. The number of nitrogens with one attached hydrogen (secondary N) is 2. The van der Waals surface area contributed by atoms with Crippen molar-refractivity contribution in [2.75, 3.05) is 46.9 Å². The molecular formula is C17H31IN4O. The Morgan fingerprint density at radius 3 is 2.35 bits per heavy atom. The molecule has 0 fully saturated rings. The summed E-state index contributed by atoms with van der Waals surface area (Å²) in [5.41, 5.74) is 1.33. The van der Waals surface area contributed by atoms with Gasteiger partial charge in [0.05, 0.1) is 12.6 Å². The molecule has 0 aliphatic heterocycles. The lowest BCUT2D eigenvalue weighted by Crippen LogP contribution is -2.44. The van der Waals surface area contributed by atoms with Gasteiger partial charge in [0, 0.05) is 27.2 Å². The number of hydrogen-bond donors (Lipinski definition) is 2. The topological polar surface area (TPSA) is 48.9 Å². The summed E-state index contributed by atoms with van der Waals surface area (Å²) < 4.78 is 5.05. The van der Waals surface area contributed by atoms with Crippen LogP contribution in [-0.2, 0) is 4.74 Å². The normalized spacial score (nSPS) is 12.7. The number of hydrogen-bond acceptors (Lipinski definition) is 3. The molecule has 6 heteroatoms. The fraction of sp³-hybridized carbons (Fsp3) is 0.588. The van der Waals surface area contributed by atoms with Crippen LogP contribution < -0.4 is 10.6 Å². The summed E-state index contributed by atoms with van der Waals surface area (Å²) in [7, 11) is 3.49. The molecule has 1 unspecified atom stereocenters. The average Bonchev–Trinajstić information content (AvgIpc) is 2.57. The molecule has 0 saturated heterocycles. The second kappa shape index (κ2) is 13.6. The van der Waals surface area contributed by atoms with Crippen LogP contribution in [0.3, 0.4) is 0 Å². The van der Waals surface area contributed by atoms with Gasteiger partial charge in [0.25, 0.3) is 0 Å². The molecule has 0 aliphatic carbocycles. The number of benzene rings is 1. The molecular weight excluding hydrogens is 403 g/mol. The molecule has 132 valence electrons. The maximum absolute atomic E-state index is 5.05. The minimum atomic E-state index is 0. The lowest BCUT2D eigenvalue weighted by molar-refractivity contribution is 0.203. The molecule has 5 nitrogen and oxygen atoms in total. The van der Waals surface area contributed by atoms with Gasteiger partial charge in [0.2, 0.25) is 0 Å². The minimum Gasteiger partial charge on any atom is -0.383 e. The first-order valence-corrected chi connectivity index (χ1v) is 7.99. The van der Waals surface area contributed by atoms with Crippen molar-refractivity contribution in [3.05, 3.63) is 35.9 Å². The first-order valence-electron chi connectivity index (χ1n) is 7.99. The van der Waals surface area contributed by atoms with Gasteiger partial charge in [-0.05, 0) is 18.7 Å². The summed E-state index contributed by atoms with van der Waals surface area (Å²) in [5, 5.41) is 6.67. The highest BCUT2D eigenvalue weighted by atomic mass is 127. The standard InChI is InChI=1S/C17H30N4O.HI/c1-5-21(6-2)16(15-10-8-7-9-11-15)14-20-17(18-3)19-12-13-22-4;/h7-11,16H,5-6,12-14H2,1-4H3,(H2,18,19,20);1H. The molecule has 1 aromatic carbocycles. The van der Waals surface area contributed by atoms with Crippen LogP contribution in [0.2, 0.25) is 0 Å². The zero-order chi connectivity index (χ0) is 16.2. The number of guanidine groups is 1. The van der Waals surface area contributed by atoms with Crippen molar-refractivity contribution in [1.29, 1.82) is 0 Å². The van der Waals surface area contributed by atoms with Crippen molar-refractivity contribution >= 4 is 29.9 Å². The molecule has 0 aromatic heterocycles. The second-order valence-electron chi connectivity index (χ2n) is 5.02. The van der Waals surface area contributed by atoms with Crippen LogP contribution in [0.1, 0.15) is 25.5 Å². The van der Waals surface area contributed by atoms with E-state index in [1.807, 2.05) is 0 Å². The number of ether oxygens (including phenoxy) is 1. The van der Waals surface area contributed by atoms with Crippen molar-refractivity contribution in [3.63, 3.8) is 0 Å². The van der Waals surface area contributed by atoms with Gasteiger partial charge in [-0.2, -0.15) is 0 Å². The molecule has 2 N–H and O–H groups in total. The van der Waals surface area contributed by atoms with Crippen molar-refractivity contribution in [2.45, 2.75) is 19.9 Å². The summed E-state index contributed by atoms with van der Waals surface area (Å²) in [4.78, 5) is 6.71. The lowest BCUT2D eigenvalue weighted by Gasteiger charge is -2.30. The van der Waals surface area contributed by atoms with Gasteiger partial charge < -0.3 is 15.4 Å². The van der Waals surface area contributed by atoms with E-state index < -0.39 is 0 Å². The highest BCUT2D eigenvalue weighted by Gasteiger charge is 2.17. The predicted octanol–water partition coefficient (Wildman–Crippen LogP) is 2.50. The third-order valence-corrected chi connectivity index (χ3v) is 3.72. The van der Waals surface area contributed by atoms with Crippen LogP contribution in [0.15, 0.2) is 35.3 Å². The summed E-state index contributed by atoms with van der Waals surface area (Å²) in [5.74, 6) is 0.810. The van der Waals surface area contributed by atoms with E-state index in [0.717, 1.165) is 32.1 Å². The van der Waals surface area contributed by atoms with E-state index in [4.69, 9.17) is 4.74 Å². The van der Waals surface area contributed by atoms with Gasteiger partial charge in [-0.25, -0.2) is 0 Å². The van der Waals surface area contributed by atoms with Crippen molar-refractivity contribution in [2.24, 2.45) is 4.99 Å². The molecule has 23 heavy (non-hydrogen) atoms. The third-order valence-electron chi connectivity index (χ3n) is 3.72. The number of rotatable bonds is 9. The van der Waals surface area contributed by atoms with Gasteiger partial charge in [0.15, 0.2) is 5.96 Å². The smallest absolute Gasteiger partial charge is 0.191 e. The fourth-order valence-corrected chi connectivity index (χ4v) is 2.48. The quantitative estimate of drug-likeness (QED) is 0.272. The highest BCUT2D eigenvalue weighted by Crippen LogP contribution is 2.19. The number of nitrogens with zero attached hydrogens (tertiary/aromatic N) is 2. The summed E-state index contributed by atoms with van der Waals surface area (Å²) in [6.07, 6.45) is 0. The molecule has 0 radical (unpaired) electrons. The molecule has 0 heterocycles. The van der Waals surface area contributed by atoms with Crippen LogP contribution >= 0.6 is 24.0 Å². The molecule has 0 saturated carbocycles. The van der Waals surface area contributed by atoms with E-state index in [2.05, 4.69) is 64.7 Å². The van der Waals surface area contributed by atoms with E-state index in [1.54, 1.807) is 14.2 Å². The van der Waals surface area contributed by atoms with E-state index in [9.17, 15) is 0 Å². The molecule has 1 aromatic rings. The number of halogens is 1. The van der Waals surface area contributed by atoms with E-state index in [-0.39, 0.29) is 24.0 Å². The number of methoxy groups -OCH3 is 1. The maximum atomic E-state index is 5.05. The predicted molar refractivity (Wildman–Crippen MR) is 109 cm³/mol. The number of aliphatic imine (C=N–C) groups is 1. The SMILES string of the molecule is CCN(CC)C(CNC(=NC)NCCOC)c1ccccc1.I. The van der Waals surface area contributed by atoms with Crippen LogP contribution in [0.4, 0.5) is 0 Å². The van der Waals surface area contributed by atoms with Gasteiger partial charge in [-0.3, -0.25) is 9.89 Å². The maximum Gasteiger partial charge on any atom is 0.191 e. The van der Waals surface area contributed by atoms with E-state index in [0.29, 0.717) is 12.6 Å². The summed E-state index contributed by atoms with van der Waals surface area (Å²) >= 11 is 0. The van der Waals surface area contributed by atoms with Crippen molar-refractivity contribution in [3.8, 4) is 0 Å². The Morgan fingerprint density at radius 1 is 1.17 bits per heavy atom. The van der Waals surface area contributed by atoms with Gasteiger partial charge in [-0.1, -0.05) is 44.2 Å². The number of likely N-dealkylation sites (N-methyl/N-ethyl adjacent to an activating group) is 1. The van der Waals surface area contributed by atoms with Gasteiger partial charge in [-0.15, -0.1) is 24.0 Å². The summed E-state index contributed by atoms with van der Waals surface area (Å²) in [6.45, 7) is 8.67. The largest absolute Gasteiger partial charge is 0.383 e. The van der Waals surface area contributed by atoms with Crippen molar-refractivity contribution in [1.82, 2.24) is 15.5 Å². The summed E-state index contributed by atoms with van der Waals surface area (Å²) in [6, 6.07) is 10.9. The Kier molecular flexibility index (Phi) is 13.1. The van der Waals surface area contributed by atoms with Crippen LogP contribution in [0.5, 0.6) is 0 Å². The Bertz CT molecular complexity index is 424. The van der Waals surface area contributed by atoms with E-state index >= 15 is 0 Å². The fourth-order valence-electron chi connectivity index (χ4n) is 2.48. The minimum absolute atomic E-state index is 0. The van der Waals surface area contributed by atoms with Crippen LogP contribution in [0.25, 0.3) is 0 Å². The van der Waals surface area contributed by atoms with Crippen LogP contribution in [0, 0.1) is 0 Å². The first-order chi connectivity index (χ1) is 10.8. The zero-order valence-electron chi connectivity index (χ0n) is 14.7. The third kappa shape index (κ3) is 7.99. The Balaban J connectivity index is 0.00000484. The van der Waals surface area contributed by atoms with Crippen molar-refractivity contribution < 1.29 is 4.74 Å². The molecule has 0 amide bonds. The monoisotopic (exact) mass is 434 g/mol.